The van der Waals surface area contributed by atoms with E-state index in [0.717, 1.165) is 9.99 Å². The van der Waals surface area contributed by atoms with Gasteiger partial charge in [-0.25, -0.2) is 0 Å². The lowest BCUT2D eigenvalue weighted by Crippen LogP contribution is -2.05. The maximum absolute atomic E-state index is 5.82. The molecular formula is C16H22OS2. The van der Waals surface area contributed by atoms with Crippen LogP contribution in [0.15, 0.2) is 52.8 Å². The summed E-state index contributed by atoms with van der Waals surface area (Å²) < 4.78 is 6.98. The van der Waals surface area contributed by atoms with Crippen LogP contribution in [0.25, 0.3) is 0 Å². The van der Waals surface area contributed by atoms with E-state index in [4.69, 9.17) is 4.74 Å². The maximum Gasteiger partial charge on any atom is 0.0735 e. The molecule has 0 N–H and O–H groups in total. The van der Waals surface area contributed by atoms with Crippen LogP contribution in [0.3, 0.4) is 0 Å². The second kappa shape index (κ2) is 9.29. The lowest BCUT2D eigenvalue weighted by atomic mass is 10.2. The Hall–Kier alpha value is -0.640. The Kier molecular flexibility index (Phi) is 8.03. The third-order valence-corrected chi connectivity index (χ3v) is 4.79. The van der Waals surface area contributed by atoms with Crippen molar-refractivity contribution in [1.29, 1.82) is 0 Å². The third-order valence-electron chi connectivity index (χ3n) is 2.56. The minimum Gasteiger partial charge on any atom is -0.370 e. The van der Waals surface area contributed by atoms with Gasteiger partial charge in [0.2, 0.25) is 0 Å². The average molecular weight is 294 g/mol. The Morgan fingerprint density at radius 1 is 1.37 bits per heavy atom. The first-order chi connectivity index (χ1) is 9.11. The molecule has 0 fully saturated rings. The maximum atomic E-state index is 5.82. The summed E-state index contributed by atoms with van der Waals surface area (Å²) in [4.78, 5) is 0. The SMILES string of the molecule is C=C(SC)SC/C(C)=C/C(C)OCc1ccccc1. The largest absolute Gasteiger partial charge is 0.370 e. The minimum absolute atomic E-state index is 0.142. The van der Waals surface area contributed by atoms with Crippen molar-refractivity contribution in [1.82, 2.24) is 0 Å². The molecular weight excluding hydrogens is 272 g/mol. The minimum atomic E-state index is 0.142. The van der Waals surface area contributed by atoms with Crippen LogP contribution in [-0.2, 0) is 11.3 Å². The highest BCUT2D eigenvalue weighted by Gasteiger charge is 2.01. The zero-order chi connectivity index (χ0) is 14.1. The van der Waals surface area contributed by atoms with Gasteiger partial charge in [-0.05, 0) is 25.7 Å². The van der Waals surface area contributed by atoms with E-state index < -0.39 is 0 Å². The number of hydrogen-bond donors (Lipinski definition) is 0. The van der Waals surface area contributed by atoms with Crippen molar-refractivity contribution in [2.75, 3.05) is 12.0 Å². The molecule has 1 unspecified atom stereocenters. The molecule has 1 aromatic carbocycles. The summed E-state index contributed by atoms with van der Waals surface area (Å²) in [6.07, 6.45) is 4.38. The fourth-order valence-corrected chi connectivity index (χ4v) is 2.69. The molecule has 0 aliphatic rings. The van der Waals surface area contributed by atoms with Crippen molar-refractivity contribution in [3.63, 3.8) is 0 Å². The van der Waals surface area contributed by atoms with Crippen LogP contribution in [0.1, 0.15) is 19.4 Å². The highest BCUT2D eigenvalue weighted by Crippen LogP contribution is 2.25. The van der Waals surface area contributed by atoms with Gasteiger partial charge in [0.1, 0.15) is 0 Å². The van der Waals surface area contributed by atoms with Crippen LogP contribution in [-0.4, -0.2) is 18.1 Å². The van der Waals surface area contributed by atoms with Gasteiger partial charge in [-0.1, -0.05) is 48.6 Å². The van der Waals surface area contributed by atoms with Crippen molar-refractivity contribution >= 4 is 23.5 Å². The van der Waals surface area contributed by atoms with Crippen molar-refractivity contribution < 1.29 is 4.74 Å². The Bertz CT molecular complexity index is 412. The van der Waals surface area contributed by atoms with Crippen molar-refractivity contribution in [2.45, 2.75) is 26.6 Å². The molecule has 0 saturated carbocycles. The summed E-state index contributed by atoms with van der Waals surface area (Å²) in [6, 6.07) is 10.3. The molecule has 0 radical (unpaired) electrons. The molecule has 0 heterocycles. The normalized spacial score (nSPS) is 13.3. The molecule has 0 aliphatic heterocycles. The Labute approximate surface area is 125 Å². The molecule has 1 nitrogen and oxygen atoms in total. The van der Waals surface area contributed by atoms with Crippen molar-refractivity contribution in [3.8, 4) is 0 Å². The second-order valence-corrected chi connectivity index (χ2v) is 6.61. The van der Waals surface area contributed by atoms with E-state index >= 15 is 0 Å². The molecule has 3 heteroatoms. The van der Waals surface area contributed by atoms with Crippen LogP contribution in [0, 0.1) is 0 Å². The highest BCUT2D eigenvalue weighted by molar-refractivity contribution is 8.22. The van der Waals surface area contributed by atoms with Gasteiger partial charge in [0, 0.05) is 9.99 Å². The van der Waals surface area contributed by atoms with Gasteiger partial charge in [-0.2, -0.15) is 0 Å². The first-order valence-electron chi connectivity index (χ1n) is 6.30. The summed E-state index contributed by atoms with van der Waals surface area (Å²) in [5.74, 6) is 0.985. The zero-order valence-electron chi connectivity index (χ0n) is 11.9. The molecule has 0 spiro atoms. The molecule has 104 valence electrons. The third kappa shape index (κ3) is 7.51. The van der Waals surface area contributed by atoms with Crippen LogP contribution in [0.2, 0.25) is 0 Å². The van der Waals surface area contributed by atoms with E-state index in [1.807, 2.05) is 18.2 Å². The number of benzene rings is 1. The summed E-state index contributed by atoms with van der Waals surface area (Å²) in [7, 11) is 0. The van der Waals surface area contributed by atoms with Gasteiger partial charge in [-0.15, -0.1) is 23.5 Å². The van der Waals surface area contributed by atoms with Crippen LogP contribution in [0.4, 0.5) is 0 Å². The first kappa shape index (κ1) is 16.4. The fraction of sp³-hybridized carbons (Fsp3) is 0.375. The standard InChI is InChI=1S/C16H22OS2/c1-13(12-19-15(3)18-4)10-14(2)17-11-16-8-6-5-7-9-16/h5-10,14H,3,11-12H2,1-2,4H3/b13-10+. The predicted molar refractivity (Wildman–Crippen MR) is 89.6 cm³/mol. The van der Waals surface area contributed by atoms with Gasteiger partial charge in [0.05, 0.1) is 12.7 Å². The summed E-state index contributed by atoms with van der Waals surface area (Å²) in [5, 5.41) is 0. The van der Waals surface area contributed by atoms with E-state index in [9.17, 15) is 0 Å². The Balaban J connectivity index is 2.33. The Morgan fingerprint density at radius 3 is 2.68 bits per heavy atom. The fourth-order valence-electron chi connectivity index (χ4n) is 1.55. The molecule has 0 aromatic heterocycles. The van der Waals surface area contributed by atoms with Crippen molar-refractivity contribution in [3.05, 3.63) is 58.4 Å². The summed E-state index contributed by atoms with van der Waals surface area (Å²) in [6.45, 7) is 8.86. The average Bonchev–Trinajstić information content (AvgIpc) is 2.43. The molecule has 0 saturated heterocycles. The number of ether oxygens (including phenoxy) is 1. The first-order valence-corrected chi connectivity index (χ1v) is 8.51. The highest BCUT2D eigenvalue weighted by atomic mass is 32.2. The number of hydrogen-bond acceptors (Lipinski definition) is 3. The predicted octanol–water partition coefficient (Wildman–Crippen LogP) is 5.11. The van der Waals surface area contributed by atoms with E-state index in [0.29, 0.717) is 6.61 Å². The molecule has 0 bridgehead atoms. The molecule has 19 heavy (non-hydrogen) atoms. The smallest absolute Gasteiger partial charge is 0.0735 e. The van der Waals surface area contributed by atoms with Crippen molar-refractivity contribution in [2.24, 2.45) is 0 Å². The monoisotopic (exact) mass is 294 g/mol. The molecule has 1 aromatic rings. The lowest BCUT2D eigenvalue weighted by molar-refractivity contribution is 0.0836. The van der Waals surface area contributed by atoms with Gasteiger partial charge < -0.3 is 4.74 Å². The number of rotatable bonds is 8. The van der Waals surface area contributed by atoms with E-state index in [2.05, 4.69) is 44.9 Å². The van der Waals surface area contributed by atoms with Crippen LogP contribution in [0.5, 0.6) is 0 Å². The van der Waals surface area contributed by atoms with E-state index in [1.54, 1.807) is 23.5 Å². The molecule has 1 rings (SSSR count). The molecule has 1 atom stereocenters. The summed E-state index contributed by atoms with van der Waals surface area (Å²) in [5.41, 5.74) is 2.55. The van der Waals surface area contributed by atoms with Gasteiger partial charge in [-0.3, -0.25) is 0 Å². The second-order valence-electron chi connectivity index (χ2n) is 4.38. The molecule has 0 aliphatic carbocycles. The zero-order valence-corrected chi connectivity index (χ0v) is 13.5. The number of thioether (sulfide) groups is 2. The van der Waals surface area contributed by atoms with E-state index in [-0.39, 0.29) is 6.10 Å². The van der Waals surface area contributed by atoms with Gasteiger partial charge in [0.15, 0.2) is 0 Å². The van der Waals surface area contributed by atoms with Crippen LogP contribution < -0.4 is 0 Å². The topological polar surface area (TPSA) is 9.23 Å². The lowest BCUT2D eigenvalue weighted by Gasteiger charge is -2.11. The van der Waals surface area contributed by atoms with Gasteiger partial charge in [0.25, 0.3) is 0 Å². The Morgan fingerprint density at radius 2 is 2.05 bits per heavy atom. The molecule has 0 amide bonds. The summed E-state index contributed by atoms with van der Waals surface area (Å²) >= 11 is 3.49. The quantitative estimate of drug-likeness (QED) is 0.617. The van der Waals surface area contributed by atoms with Gasteiger partial charge >= 0.3 is 0 Å². The van der Waals surface area contributed by atoms with E-state index in [1.165, 1.54) is 11.1 Å². The van der Waals surface area contributed by atoms with Crippen LogP contribution >= 0.6 is 23.5 Å².